The van der Waals surface area contributed by atoms with E-state index in [4.69, 9.17) is 9.72 Å². The number of aliphatic hydroxyl groups is 1. The molecule has 35 heavy (non-hydrogen) atoms. The summed E-state index contributed by atoms with van der Waals surface area (Å²) in [5, 5.41) is 18.2. The molecule has 2 fully saturated rings. The molecule has 188 valence electrons. The normalized spacial score (nSPS) is 30.5. The van der Waals surface area contributed by atoms with Gasteiger partial charge in [0.05, 0.1) is 18.9 Å². The molecular formula is C27H35N3O4S. The van der Waals surface area contributed by atoms with Crippen LogP contribution in [0.5, 0.6) is 5.75 Å². The van der Waals surface area contributed by atoms with E-state index in [9.17, 15) is 14.7 Å². The van der Waals surface area contributed by atoms with Gasteiger partial charge in [-0.2, -0.15) is 0 Å². The van der Waals surface area contributed by atoms with Gasteiger partial charge in [0.2, 0.25) is 5.91 Å². The molecule has 6 atom stereocenters. The van der Waals surface area contributed by atoms with Crippen molar-refractivity contribution in [3.8, 4) is 5.75 Å². The SMILES string of the molecule is COc1ccc(C(=O)Nc2nc3c(s2)CC2(C)CCC(C(C)C(=O)NC4CC4)C(O)C2C3C)cc1. The van der Waals surface area contributed by atoms with Crippen LogP contribution < -0.4 is 15.4 Å². The number of anilines is 1. The van der Waals surface area contributed by atoms with Crippen molar-refractivity contribution >= 4 is 28.3 Å². The number of fused-ring (bicyclic) bond motifs is 2. The lowest BCUT2D eigenvalue weighted by Gasteiger charge is -2.53. The fourth-order valence-corrected chi connectivity index (χ4v) is 7.53. The highest BCUT2D eigenvalue weighted by molar-refractivity contribution is 7.15. The third kappa shape index (κ3) is 4.58. The van der Waals surface area contributed by atoms with E-state index in [1.54, 1.807) is 31.4 Å². The van der Waals surface area contributed by atoms with E-state index < -0.39 is 6.10 Å². The molecule has 1 aromatic carbocycles. The van der Waals surface area contributed by atoms with Crippen LogP contribution in [0.2, 0.25) is 0 Å². The van der Waals surface area contributed by atoms with E-state index in [-0.39, 0.29) is 40.9 Å². The first-order valence-corrected chi connectivity index (χ1v) is 13.5. The van der Waals surface area contributed by atoms with Crippen molar-refractivity contribution in [3.05, 3.63) is 40.4 Å². The number of carbonyl (C=O) groups excluding carboxylic acids is 2. The molecule has 1 aromatic heterocycles. The molecule has 0 radical (unpaired) electrons. The first-order chi connectivity index (χ1) is 16.7. The Bertz CT molecular complexity index is 1110. The standard InChI is InChI=1S/C27H35N3O4S/c1-14(24(32)28-17-7-8-17)19-11-12-27(3)13-20-22(15(2)21(27)23(19)31)29-26(35-20)30-25(33)16-5-9-18(34-4)10-6-16/h5-6,9-10,14-15,17,19,21,23,31H,7-8,11-13H2,1-4H3,(H,28,32)(H,29,30,33). The number of aromatic nitrogens is 1. The van der Waals surface area contributed by atoms with Gasteiger partial charge in [-0.3, -0.25) is 14.9 Å². The summed E-state index contributed by atoms with van der Waals surface area (Å²) in [5.41, 5.74) is 1.46. The maximum atomic E-state index is 12.8. The Hall–Kier alpha value is -2.45. The second-order valence-electron chi connectivity index (χ2n) is 10.9. The van der Waals surface area contributed by atoms with Gasteiger partial charge < -0.3 is 15.2 Å². The molecule has 0 bridgehead atoms. The quantitative estimate of drug-likeness (QED) is 0.550. The molecule has 2 aromatic rings. The summed E-state index contributed by atoms with van der Waals surface area (Å²) < 4.78 is 5.17. The minimum atomic E-state index is -0.559. The number of nitrogens with one attached hydrogen (secondary N) is 2. The van der Waals surface area contributed by atoms with Crippen LogP contribution >= 0.6 is 11.3 Å². The van der Waals surface area contributed by atoms with Gasteiger partial charge >= 0.3 is 0 Å². The van der Waals surface area contributed by atoms with E-state index >= 15 is 0 Å². The minimum Gasteiger partial charge on any atom is -0.497 e. The monoisotopic (exact) mass is 497 g/mol. The Morgan fingerprint density at radius 1 is 1.23 bits per heavy atom. The van der Waals surface area contributed by atoms with Crippen LogP contribution in [0.3, 0.4) is 0 Å². The smallest absolute Gasteiger partial charge is 0.257 e. The summed E-state index contributed by atoms with van der Waals surface area (Å²) in [6, 6.07) is 7.32. The Kier molecular flexibility index (Phi) is 6.38. The van der Waals surface area contributed by atoms with Crippen LogP contribution in [0, 0.1) is 23.2 Å². The van der Waals surface area contributed by atoms with Crippen LogP contribution in [0.25, 0.3) is 0 Å². The molecule has 6 unspecified atom stereocenters. The molecule has 2 saturated carbocycles. The second-order valence-corrected chi connectivity index (χ2v) is 12.0. The number of methoxy groups -OCH3 is 1. The van der Waals surface area contributed by atoms with Crippen molar-refractivity contribution in [2.24, 2.45) is 23.2 Å². The average Bonchev–Trinajstić information content (AvgIpc) is 3.56. The molecule has 0 aliphatic heterocycles. The molecule has 3 aliphatic carbocycles. The first-order valence-electron chi connectivity index (χ1n) is 12.6. The molecule has 3 aliphatic rings. The predicted molar refractivity (Wildman–Crippen MR) is 136 cm³/mol. The van der Waals surface area contributed by atoms with Gasteiger partial charge in [-0.25, -0.2) is 4.98 Å². The molecular weight excluding hydrogens is 462 g/mol. The Balaban J connectivity index is 1.33. The summed E-state index contributed by atoms with van der Waals surface area (Å²) in [7, 11) is 1.59. The maximum Gasteiger partial charge on any atom is 0.257 e. The van der Waals surface area contributed by atoms with Gasteiger partial charge in [0.25, 0.3) is 5.91 Å². The topological polar surface area (TPSA) is 101 Å². The van der Waals surface area contributed by atoms with Gasteiger partial charge in [-0.1, -0.05) is 20.8 Å². The molecule has 3 N–H and O–H groups in total. The molecule has 8 heteroatoms. The second kappa shape index (κ2) is 9.21. The van der Waals surface area contributed by atoms with Gasteiger partial charge in [-0.05, 0) is 73.6 Å². The van der Waals surface area contributed by atoms with Crippen molar-refractivity contribution in [1.29, 1.82) is 0 Å². The lowest BCUT2D eigenvalue weighted by Crippen LogP contribution is -2.53. The summed E-state index contributed by atoms with van der Waals surface area (Å²) in [4.78, 5) is 31.5. The first kappa shape index (κ1) is 24.3. The van der Waals surface area contributed by atoms with Crippen molar-refractivity contribution in [1.82, 2.24) is 10.3 Å². The highest BCUT2D eigenvalue weighted by atomic mass is 32.1. The number of hydrogen-bond donors (Lipinski definition) is 3. The van der Waals surface area contributed by atoms with Gasteiger partial charge in [0.1, 0.15) is 5.75 Å². The number of aliphatic hydroxyl groups excluding tert-OH is 1. The summed E-state index contributed by atoms with van der Waals surface area (Å²) >= 11 is 1.54. The van der Waals surface area contributed by atoms with Crippen molar-refractivity contribution in [3.63, 3.8) is 0 Å². The summed E-state index contributed by atoms with van der Waals surface area (Å²) in [6.45, 7) is 6.36. The molecule has 0 saturated heterocycles. The number of nitrogens with zero attached hydrogens (tertiary/aromatic N) is 1. The zero-order valence-electron chi connectivity index (χ0n) is 20.8. The molecule has 0 spiro atoms. The van der Waals surface area contributed by atoms with Gasteiger partial charge in [0.15, 0.2) is 5.13 Å². The Morgan fingerprint density at radius 3 is 2.60 bits per heavy atom. The lowest BCUT2D eigenvalue weighted by molar-refractivity contribution is -0.134. The lowest BCUT2D eigenvalue weighted by atomic mass is 9.53. The fraction of sp³-hybridized carbons (Fsp3) is 0.593. The minimum absolute atomic E-state index is 0.0252. The van der Waals surface area contributed by atoms with E-state index in [1.165, 1.54) is 16.2 Å². The van der Waals surface area contributed by atoms with Gasteiger partial charge in [0, 0.05) is 28.3 Å². The van der Waals surface area contributed by atoms with Crippen molar-refractivity contribution < 1.29 is 19.4 Å². The Morgan fingerprint density at radius 2 is 1.94 bits per heavy atom. The number of ether oxygens (including phenoxy) is 1. The number of thiazole rings is 1. The predicted octanol–water partition coefficient (Wildman–Crippen LogP) is 4.37. The zero-order chi connectivity index (χ0) is 24.9. The number of rotatable bonds is 6. The molecule has 1 heterocycles. The summed E-state index contributed by atoms with van der Waals surface area (Å²) in [6.07, 6.45) is 4.21. The maximum absolute atomic E-state index is 12.8. The number of carbonyl (C=O) groups is 2. The van der Waals surface area contributed by atoms with Crippen LogP contribution in [0.4, 0.5) is 5.13 Å². The van der Waals surface area contributed by atoms with E-state index in [1.807, 2.05) is 6.92 Å². The van der Waals surface area contributed by atoms with Crippen molar-refractivity contribution in [2.45, 2.75) is 70.9 Å². The van der Waals surface area contributed by atoms with Crippen molar-refractivity contribution in [2.75, 3.05) is 12.4 Å². The van der Waals surface area contributed by atoms with E-state index in [0.29, 0.717) is 22.5 Å². The third-order valence-corrected chi connectivity index (χ3v) is 9.46. The van der Waals surface area contributed by atoms with Crippen LogP contribution in [0.15, 0.2) is 24.3 Å². The molecule has 5 rings (SSSR count). The fourth-order valence-electron chi connectivity index (χ4n) is 6.27. The highest BCUT2D eigenvalue weighted by Gasteiger charge is 2.54. The summed E-state index contributed by atoms with van der Waals surface area (Å²) in [5.74, 6) is 0.377. The van der Waals surface area contributed by atoms with Crippen LogP contribution in [0.1, 0.15) is 73.3 Å². The molecule has 7 nitrogen and oxygen atoms in total. The zero-order valence-corrected chi connectivity index (χ0v) is 21.7. The van der Waals surface area contributed by atoms with E-state index in [2.05, 4.69) is 24.5 Å². The average molecular weight is 498 g/mol. The number of benzene rings is 1. The number of hydrogen-bond acceptors (Lipinski definition) is 6. The van der Waals surface area contributed by atoms with Gasteiger partial charge in [-0.15, -0.1) is 11.3 Å². The molecule has 2 amide bonds. The largest absolute Gasteiger partial charge is 0.497 e. The highest BCUT2D eigenvalue weighted by Crippen LogP contribution is 2.57. The van der Waals surface area contributed by atoms with Crippen LogP contribution in [-0.2, 0) is 11.2 Å². The van der Waals surface area contributed by atoms with E-state index in [0.717, 1.165) is 37.8 Å². The van der Waals surface area contributed by atoms with Crippen LogP contribution in [-0.4, -0.2) is 41.2 Å². The third-order valence-electron chi connectivity index (χ3n) is 8.47. The number of amides is 2. The Labute approximate surface area is 210 Å².